The summed E-state index contributed by atoms with van der Waals surface area (Å²) in [5.41, 5.74) is 1.22. The maximum absolute atomic E-state index is 3.43. The van der Waals surface area contributed by atoms with Crippen molar-refractivity contribution >= 4 is 5.69 Å². The van der Waals surface area contributed by atoms with Crippen LogP contribution in [-0.4, -0.2) is 44.2 Å². The van der Waals surface area contributed by atoms with Crippen molar-refractivity contribution in [2.45, 2.75) is 0 Å². The fourth-order valence-electron chi connectivity index (χ4n) is 1.85. The molecule has 0 atom stereocenters. The monoisotopic (exact) mass is 205 g/mol. The second-order valence-corrected chi connectivity index (χ2v) is 3.88. The minimum absolute atomic E-state index is 1.03. The molecule has 3 heteroatoms. The van der Waals surface area contributed by atoms with Gasteiger partial charge in [0.15, 0.2) is 0 Å². The third-order valence-corrected chi connectivity index (χ3v) is 2.74. The van der Waals surface area contributed by atoms with Crippen molar-refractivity contribution in [2.24, 2.45) is 0 Å². The summed E-state index contributed by atoms with van der Waals surface area (Å²) in [5.74, 6) is 0. The summed E-state index contributed by atoms with van der Waals surface area (Å²) in [5, 5.41) is 6.79. The molecule has 0 radical (unpaired) electrons. The highest BCUT2D eigenvalue weighted by atomic mass is 15.2. The van der Waals surface area contributed by atoms with E-state index >= 15 is 0 Å². The van der Waals surface area contributed by atoms with Crippen molar-refractivity contribution < 1.29 is 0 Å². The number of para-hydroxylation sites is 1. The number of rotatable bonds is 4. The Kier molecular flexibility index (Phi) is 4.00. The highest BCUT2D eigenvalue weighted by molar-refractivity contribution is 5.42. The van der Waals surface area contributed by atoms with Gasteiger partial charge in [-0.1, -0.05) is 18.2 Å². The van der Waals surface area contributed by atoms with E-state index in [4.69, 9.17) is 0 Å². The first-order valence-corrected chi connectivity index (χ1v) is 5.67. The molecule has 0 amide bonds. The zero-order chi connectivity index (χ0) is 10.3. The van der Waals surface area contributed by atoms with Crippen LogP contribution in [0.25, 0.3) is 0 Å². The van der Waals surface area contributed by atoms with Gasteiger partial charge >= 0.3 is 0 Å². The van der Waals surface area contributed by atoms with Gasteiger partial charge < -0.3 is 10.6 Å². The standard InChI is InChI=1S/C12H19N3/c1-2-4-12(5-3-1)14-8-11-15-9-6-13-7-10-15/h1-5,13-14H,6-11H2. The Balaban J connectivity index is 1.66. The molecule has 1 aliphatic heterocycles. The van der Waals surface area contributed by atoms with Crippen molar-refractivity contribution in [1.82, 2.24) is 10.2 Å². The lowest BCUT2D eigenvalue weighted by molar-refractivity contribution is 0.249. The van der Waals surface area contributed by atoms with E-state index in [0.717, 1.165) is 26.2 Å². The van der Waals surface area contributed by atoms with E-state index < -0.39 is 0 Å². The summed E-state index contributed by atoms with van der Waals surface area (Å²) < 4.78 is 0. The second-order valence-electron chi connectivity index (χ2n) is 3.88. The molecule has 1 saturated heterocycles. The Morgan fingerprint density at radius 1 is 1.13 bits per heavy atom. The van der Waals surface area contributed by atoms with Crippen LogP contribution in [0.2, 0.25) is 0 Å². The van der Waals surface area contributed by atoms with Crippen molar-refractivity contribution in [3.63, 3.8) is 0 Å². The molecule has 1 aliphatic rings. The summed E-state index contributed by atoms with van der Waals surface area (Å²) in [7, 11) is 0. The third kappa shape index (κ3) is 3.53. The Morgan fingerprint density at radius 2 is 1.87 bits per heavy atom. The molecule has 15 heavy (non-hydrogen) atoms. The fraction of sp³-hybridized carbons (Fsp3) is 0.500. The van der Waals surface area contributed by atoms with Crippen LogP contribution in [0.1, 0.15) is 0 Å². The molecule has 0 aliphatic carbocycles. The van der Waals surface area contributed by atoms with Gasteiger partial charge in [-0.3, -0.25) is 4.90 Å². The zero-order valence-corrected chi connectivity index (χ0v) is 9.08. The maximum atomic E-state index is 3.43. The van der Waals surface area contributed by atoms with Crippen molar-refractivity contribution in [2.75, 3.05) is 44.6 Å². The molecule has 0 saturated carbocycles. The molecule has 1 aromatic rings. The van der Waals surface area contributed by atoms with Crippen molar-refractivity contribution in [3.8, 4) is 0 Å². The molecule has 0 bridgehead atoms. The first kappa shape index (κ1) is 10.5. The van der Waals surface area contributed by atoms with Gasteiger partial charge in [0.1, 0.15) is 0 Å². The van der Waals surface area contributed by atoms with Crippen LogP contribution in [0.15, 0.2) is 30.3 Å². The van der Waals surface area contributed by atoms with Crippen LogP contribution in [0.5, 0.6) is 0 Å². The highest BCUT2D eigenvalue weighted by Gasteiger charge is 2.07. The van der Waals surface area contributed by atoms with E-state index in [2.05, 4.69) is 39.8 Å². The van der Waals surface area contributed by atoms with Gasteiger partial charge in [0.25, 0.3) is 0 Å². The fourth-order valence-corrected chi connectivity index (χ4v) is 1.85. The quantitative estimate of drug-likeness (QED) is 0.768. The van der Waals surface area contributed by atoms with E-state index in [1.54, 1.807) is 0 Å². The van der Waals surface area contributed by atoms with Gasteiger partial charge in [-0.15, -0.1) is 0 Å². The molecule has 82 valence electrons. The normalized spacial score (nSPS) is 17.6. The average Bonchev–Trinajstić information content (AvgIpc) is 2.32. The number of hydrogen-bond donors (Lipinski definition) is 2. The number of hydrogen-bond acceptors (Lipinski definition) is 3. The maximum Gasteiger partial charge on any atom is 0.0340 e. The van der Waals surface area contributed by atoms with E-state index in [1.807, 2.05) is 6.07 Å². The SMILES string of the molecule is c1ccc(NCCN2CCNCC2)cc1. The second kappa shape index (κ2) is 5.73. The number of piperazine rings is 1. The Bertz CT molecular complexity index is 267. The Morgan fingerprint density at radius 3 is 2.60 bits per heavy atom. The smallest absolute Gasteiger partial charge is 0.0340 e. The molecule has 0 spiro atoms. The minimum atomic E-state index is 1.03. The van der Waals surface area contributed by atoms with Crippen molar-refractivity contribution in [1.29, 1.82) is 0 Å². The van der Waals surface area contributed by atoms with Crippen LogP contribution in [0.4, 0.5) is 5.69 Å². The number of anilines is 1. The summed E-state index contributed by atoms with van der Waals surface area (Å²) >= 11 is 0. The van der Waals surface area contributed by atoms with E-state index in [9.17, 15) is 0 Å². The Hall–Kier alpha value is -1.06. The molecule has 0 unspecified atom stereocenters. The zero-order valence-electron chi connectivity index (χ0n) is 9.08. The van der Waals surface area contributed by atoms with Crippen LogP contribution in [-0.2, 0) is 0 Å². The summed E-state index contributed by atoms with van der Waals surface area (Å²) in [4.78, 5) is 2.49. The third-order valence-electron chi connectivity index (χ3n) is 2.74. The lowest BCUT2D eigenvalue weighted by Crippen LogP contribution is -2.45. The number of benzene rings is 1. The van der Waals surface area contributed by atoms with E-state index in [1.165, 1.54) is 18.8 Å². The summed E-state index contributed by atoms with van der Waals surface area (Å²) in [6.07, 6.45) is 0. The molecular formula is C12H19N3. The van der Waals surface area contributed by atoms with Gasteiger partial charge in [0.2, 0.25) is 0 Å². The molecule has 1 aromatic carbocycles. The average molecular weight is 205 g/mol. The number of nitrogens with one attached hydrogen (secondary N) is 2. The molecule has 2 rings (SSSR count). The van der Waals surface area contributed by atoms with Crippen molar-refractivity contribution in [3.05, 3.63) is 30.3 Å². The molecule has 2 N–H and O–H groups in total. The van der Waals surface area contributed by atoms with Crippen LogP contribution in [0.3, 0.4) is 0 Å². The van der Waals surface area contributed by atoms with Gasteiger partial charge in [-0.25, -0.2) is 0 Å². The van der Waals surface area contributed by atoms with Crippen LogP contribution in [0, 0.1) is 0 Å². The molecule has 1 heterocycles. The van der Waals surface area contributed by atoms with Gasteiger partial charge in [-0.05, 0) is 12.1 Å². The van der Waals surface area contributed by atoms with E-state index in [-0.39, 0.29) is 0 Å². The lowest BCUT2D eigenvalue weighted by atomic mass is 10.3. The lowest BCUT2D eigenvalue weighted by Gasteiger charge is -2.27. The predicted molar refractivity (Wildman–Crippen MR) is 64.2 cm³/mol. The van der Waals surface area contributed by atoms with Gasteiger partial charge in [0.05, 0.1) is 0 Å². The first-order valence-electron chi connectivity index (χ1n) is 5.67. The predicted octanol–water partition coefficient (Wildman–Crippen LogP) is 1.00. The van der Waals surface area contributed by atoms with Crippen LogP contribution < -0.4 is 10.6 Å². The summed E-state index contributed by atoms with van der Waals surface area (Å²) in [6, 6.07) is 10.4. The van der Waals surface area contributed by atoms with Gasteiger partial charge in [-0.2, -0.15) is 0 Å². The molecule has 3 nitrogen and oxygen atoms in total. The largest absolute Gasteiger partial charge is 0.384 e. The first-order chi connectivity index (χ1) is 7.45. The highest BCUT2D eigenvalue weighted by Crippen LogP contribution is 2.04. The topological polar surface area (TPSA) is 27.3 Å². The number of nitrogens with zero attached hydrogens (tertiary/aromatic N) is 1. The summed E-state index contributed by atoms with van der Waals surface area (Å²) in [6.45, 7) is 6.78. The molecule has 1 fully saturated rings. The Labute approximate surface area is 91.5 Å². The van der Waals surface area contributed by atoms with E-state index in [0.29, 0.717) is 0 Å². The molecule has 0 aromatic heterocycles. The van der Waals surface area contributed by atoms with Crippen LogP contribution >= 0.6 is 0 Å². The minimum Gasteiger partial charge on any atom is -0.384 e. The van der Waals surface area contributed by atoms with Gasteiger partial charge in [0, 0.05) is 45.0 Å². The molecular weight excluding hydrogens is 186 g/mol.